The van der Waals surface area contributed by atoms with Crippen molar-refractivity contribution in [1.29, 1.82) is 0 Å². The molecule has 6 heteroatoms. The van der Waals surface area contributed by atoms with Crippen LogP contribution in [0.15, 0.2) is 6.07 Å². The number of hydrogen-bond acceptors (Lipinski definition) is 4. The molecule has 0 bridgehead atoms. The molecule has 0 saturated carbocycles. The first-order chi connectivity index (χ1) is 8.81. The van der Waals surface area contributed by atoms with Crippen molar-refractivity contribution in [3.05, 3.63) is 23.0 Å². The van der Waals surface area contributed by atoms with Gasteiger partial charge in [0.1, 0.15) is 6.04 Å². The van der Waals surface area contributed by atoms with E-state index < -0.39 is 17.9 Å². The third-order valence-electron chi connectivity index (χ3n) is 2.66. The Morgan fingerprint density at radius 1 is 1.32 bits per heavy atom. The van der Waals surface area contributed by atoms with Crippen LogP contribution in [0.2, 0.25) is 0 Å². The van der Waals surface area contributed by atoms with Gasteiger partial charge < -0.3 is 10.4 Å². The van der Waals surface area contributed by atoms with Crippen molar-refractivity contribution >= 4 is 11.9 Å². The maximum atomic E-state index is 12.1. The van der Waals surface area contributed by atoms with E-state index in [4.69, 9.17) is 5.11 Å². The molecule has 6 nitrogen and oxygen atoms in total. The second-order valence-electron chi connectivity index (χ2n) is 4.98. The molecule has 1 amide bonds. The molecular weight excluding hydrogens is 246 g/mol. The van der Waals surface area contributed by atoms with Gasteiger partial charge in [-0.2, -0.15) is 10.2 Å². The first kappa shape index (κ1) is 15.1. The Kier molecular flexibility index (Phi) is 4.97. The normalized spacial score (nSPS) is 12.3. The van der Waals surface area contributed by atoms with Crippen LogP contribution in [0.25, 0.3) is 0 Å². The van der Waals surface area contributed by atoms with Crippen LogP contribution in [-0.4, -0.2) is 33.2 Å². The predicted octanol–water partition coefficient (Wildman–Crippen LogP) is 1.32. The number of nitrogens with zero attached hydrogens (tertiary/aromatic N) is 2. The van der Waals surface area contributed by atoms with Crippen molar-refractivity contribution in [2.75, 3.05) is 0 Å². The molecule has 0 aliphatic carbocycles. The lowest BCUT2D eigenvalue weighted by molar-refractivity contribution is -0.139. The molecule has 0 saturated heterocycles. The third kappa shape index (κ3) is 4.31. The lowest BCUT2D eigenvalue weighted by atomic mass is 10.0. The predicted molar refractivity (Wildman–Crippen MR) is 69.9 cm³/mol. The maximum absolute atomic E-state index is 12.1. The molecule has 1 aromatic rings. The van der Waals surface area contributed by atoms with Crippen LogP contribution >= 0.6 is 0 Å². The molecule has 19 heavy (non-hydrogen) atoms. The van der Waals surface area contributed by atoms with Gasteiger partial charge in [0.2, 0.25) is 0 Å². The number of carboxylic acids is 1. The zero-order valence-corrected chi connectivity index (χ0v) is 11.6. The Labute approximate surface area is 112 Å². The number of aliphatic carboxylic acids is 1. The molecule has 0 radical (unpaired) electrons. The van der Waals surface area contributed by atoms with Gasteiger partial charge in [-0.15, -0.1) is 0 Å². The highest BCUT2D eigenvalue weighted by atomic mass is 16.4. The first-order valence-electron chi connectivity index (χ1n) is 6.15. The van der Waals surface area contributed by atoms with Crippen LogP contribution in [0.3, 0.4) is 0 Å². The maximum Gasteiger partial charge on any atom is 0.326 e. The standard InChI is InChI=1S/C13H19N3O3/c1-7(2)5-11(13(18)19)14-12(17)10-6-8(3)15-16-9(10)4/h6-7,11H,5H2,1-4H3,(H,14,17)(H,18,19)/t11-/m1/s1. The quantitative estimate of drug-likeness (QED) is 0.837. The van der Waals surface area contributed by atoms with Gasteiger partial charge in [0.05, 0.1) is 17.0 Å². The molecule has 1 atom stereocenters. The van der Waals surface area contributed by atoms with Crippen molar-refractivity contribution in [3.8, 4) is 0 Å². The summed E-state index contributed by atoms with van der Waals surface area (Å²) in [5.74, 6) is -1.28. The SMILES string of the molecule is Cc1cc(C(=O)N[C@H](CC(C)C)C(=O)O)c(C)nn1. The topological polar surface area (TPSA) is 92.2 Å². The summed E-state index contributed by atoms with van der Waals surface area (Å²) < 4.78 is 0. The van der Waals surface area contributed by atoms with E-state index in [9.17, 15) is 9.59 Å². The van der Waals surface area contributed by atoms with Crippen molar-refractivity contribution < 1.29 is 14.7 Å². The van der Waals surface area contributed by atoms with Gasteiger partial charge in [0.15, 0.2) is 0 Å². The Bertz CT molecular complexity index is 486. The monoisotopic (exact) mass is 265 g/mol. The largest absolute Gasteiger partial charge is 0.480 e. The average Bonchev–Trinajstić information content (AvgIpc) is 2.30. The molecule has 2 N–H and O–H groups in total. The van der Waals surface area contributed by atoms with Crippen LogP contribution in [0.4, 0.5) is 0 Å². The number of nitrogens with one attached hydrogen (secondary N) is 1. The van der Waals surface area contributed by atoms with E-state index in [1.165, 1.54) is 0 Å². The minimum absolute atomic E-state index is 0.180. The Balaban J connectivity index is 2.87. The smallest absolute Gasteiger partial charge is 0.326 e. The Morgan fingerprint density at radius 3 is 2.47 bits per heavy atom. The number of hydrogen-bond donors (Lipinski definition) is 2. The van der Waals surface area contributed by atoms with Crippen LogP contribution in [0.1, 0.15) is 42.0 Å². The van der Waals surface area contributed by atoms with E-state index in [1.54, 1.807) is 19.9 Å². The number of carboxylic acid groups (broad SMARTS) is 1. The van der Waals surface area contributed by atoms with Gasteiger partial charge in [0.25, 0.3) is 5.91 Å². The number of amides is 1. The lowest BCUT2D eigenvalue weighted by Gasteiger charge is -2.17. The summed E-state index contributed by atoms with van der Waals surface area (Å²) in [5, 5.41) is 19.3. The lowest BCUT2D eigenvalue weighted by Crippen LogP contribution is -2.42. The number of rotatable bonds is 5. The summed E-state index contributed by atoms with van der Waals surface area (Å²) in [4.78, 5) is 23.2. The van der Waals surface area contributed by atoms with Crippen molar-refractivity contribution in [2.45, 2.75) is 40.2 Å². The summed E-state index contributed by atoms with van der Waals surface area (Å²) in [6.07, 6.45) is 0.387. The van der Waals surface area contributed by atoms with E-state index >= 15 is 0 Å². The van der Waals surface area contributed by atoms with Gasteiger partial charge in [-0.3, -0.25) is 4.79 Å². The summed E-state index contributed by atoms with van der Waals surface area (Å²) >= 11 is 0. The number of carbonyl (C=O) groups excluding carboxylic acids is 1. The minimum Gasteiger partial charge on any atom is -0.480 e. The molecule has 1 rings (SSSR count). The zero-order valence-electron chi connectivity index (χ0n) is 11.6. The molecule has 104 valence electrons. The van der Waals surface area contributed by atoms with Crippen LogP contribution < -0.4 is 5.32 Å². The van der Waals surface area contributed by atoms with Gasteiger partial charge in [0, 0.05) is 0 Å². The fourth-order valence-corrected chi connectivity index (χ4v) is 1.71. The number of aryl methyl sites for hydroxylation is 2. The number of carbonyl (C=O) groups is 2. The highest BCUT2D eigenvalue weighted by molar-refractivity contribution is 5.97. The Morgan fingerprint density at radius 2 is 1.95 bits per heavy atom. The van der Waals surface area contributed by atoms with Gasteiger partial charge >= 0.3 is 5.97 Å². The van der Waals surface area contributed by atoms with Crippen LogP contribution in [0.5, 0.6) is 0 Å². The van der Waals surface area contributed by atoms with Crippen molar-refractivity contribution in [2.24, 2.45) is 5.92 Å². The van der Waals surface area contributed by atoms with Crippen molar-refractivity contribution in [1.82, 2.24) is 15.5 Å². The fourth-order valence-electron chi connectivity index (χ4n) is 1.71. The summed E-state index contributed by atoms with van der Waals surface area (Å²) in [6, 6.07) is 0.715. The highest BCUT2D eigenvalue weighted by Crippen LogP contribution is 2.09. The summed E-state index contributed by atoms with van der Waals surface area (Å²) in [7, 11) is 0. The van der Waals surface area contributed by atoms with E-state index in [2.05, 4.69) is 15.5 Å². The van der Waals surface area contributed by atoms with Crippen LogP contribution in [-0.2, 0) is 4.79 Å². The zero-order chi connectivity index (χ0) is 14.6. The molecule has 1 heterocycles. The molecular formula is C13H19N3O3. The van der Waals surface area contributed by atoms with Gasteiger partial charge in [-0.05, 0) is 32.3 Å². The molecule has 0 aromatic carbocycles. The van der Waals surface area contributed by atoms with E-state index in [0.717, 1.165) is 0 Å². The van der Waals surface area contributed by atoms with Crippen molar-refractivity contribution in [3.63, 3.8) is 0 Å². The fraction of sp³-hybridized carbons (Fsp3) is 0.538. The summed E-state index contributed by atoms with van der Waals surface area (Å²) in [5.41, 5.74) is 1.46. The Hall–Kier alpha value is -1.98. The molecule has 0 unspecified atom stereocenters. The van der Waals surface area contributed by atoms with E-state index in [-0.39, 0.29) is 5.92 Å². The summed E-state index contributed by atoms with van der Waals surface area (Å²) in [6.45, 7) is 7.21. The molecule has 1 aromatic heterocycles. The first-order valence-corrected chi connectivity index (χ1v) is 6.15. The molecule has 0 aliphatic heterocycles. The average molecular weight is 265 g/mol. The van der Waals surface area contributed by atoms with Crippen LogP contribution in [0, 0.1) is 19.8 Å². The van der Waals surface area contributed by atoms with E-state index in [0.29, 0.717) is 23.4 Å². The van der Waals surface area contributed by atoms with E-state index in [1.807, 2.05) is 13.8 Å². The molecule has 0 fully saturated rings. The molecule has 0 aliphatic rings. The number of aromatic nitrogens is 2. The second-order valence-corrected chi connectivity index (χ2v) is 4.98. The molecule has 0 spiro atoms. The minimum atomic E-state index is -1.03. The van der Waals surface area contributed by atoms with Gasteiger partial charge in [-0.25, -0.2) is 4.79 Å². The highest BCUT2D eigenvalue weighted by Gasteiger charge is 2.22. The second kappa shape index (κ2) is 6.26. The van der Waals surface area contributed by atoms with Gasteiger partial charge in [-0.1, -0.05) is 13.8 Å². The third-order valence-corrected chi connectivity index (χ3v) is 2.66.